The molecule has 0 fully saturated rings. The number of fused-ring (bicyclic) bond motifs is 2. The Morgan fingerprint density at radius 1 is 1.10 bits per heavy atom. The first-order valence-corrected chi connectivity index (χ1v) is 17.1. The van der Waals surface area contributed by atoms with Gasteiger partial charge in [0.15, 0.2) is 6.54 Å². The van der Waals surface area contributed by atoms with E-state index in [9.17, 15) is 25.9 Å². The van der Waals surface area contributed by atoms with Gasteiger partial charge in [-0.1, -0.05) is 47.5 Å². The van der Waals surface area contributed by atoms with E-state index in [1.807, 2.05) is 46.7 Å². The van der Waals surface area contributed by atoms with E-state index in [4.69, 9.17) is 23.2 Å². The van der Waals surface area contributed by atoms with Gasteiger partial charge in [-0.3, -0.25) is 4.55 Å². The van der Waals surface area contributed by atoms with E-state index in [-0.39, 0.29) is 18.6 Å². The third kappa shape index (κ3) is 8.03. The molecule has 3 aromatic rings. The van der Waals surface area contributed by atoms with Crippen LogP contribution in [0.5, 0.6) is 0 Å². The van der Waals surface area contributed by atoms with Gasteiger partial charge in [0.25, 0.3) is 15.1 Å². The third-order valence-electron chi connectivity index (χ3n) is 6.38. The van der Waals surface area contributed by atoms with Crippen molar-refractivity contribution in [3.05, 3.63) is 74.4 Å². The maximum atomic E-state index is 11.3. The lowest BCUT2D eigenvalue weighted by atomic mass is 10.1. The minimum absolute atomic E-state index is 0.186. The van der Waals surface area contributed by atoms with E-state index in [1.165, 1.54) is 0 Å². The molecule has 2 aromatic carbocycles. The van der Waals surface area contributed by atoms with E-state index >= 15 is 0 Å². The lowest BCUT2D eigenvalue weighted by Crippen LogP contribution is -2.36. The second kappa shape index (κ2) is 12.3. The Kier molecular flexibility index (Phi) is 9.42. The second-order valence-corrected chi connectivity index (χ2v) is 14.3. The number of thiazole rings is 1. The lowest BCUT2D eigenvalue weighted by Gasteiger charge is -2.22. The Labute approximate surface area is 242 Å². The van der Waals surface area contributed by atoms with Crippen molar-refractivity contribution in [2.24, 2.45) is 0 Å². The van der Waals surface area contributed by atoms with Gasteiger partial charge in [-0.25, -0.2) is 8.42 Å². The molecule has 1 aliphatic heterocycles. The first-order valence-electron chi connectivity index (χ1n) is 12.3. The monoisotopic (exact) mass is 630 g/mol. The molecule has 0 saturated heterocycles. The molecule has 0 atom stereocenters. The summed E-state index contributed by atoms with van der Waals surface area (Å²) < 4.78 is 68.4. The van der Waals surface area contributed by atoms with Crippen molar-refractivity contribution in [1.29, 1.82) is 0 Å². The fraction of sp³-hybridized carbons (Fsp3) is 0.346. The van der Waals surface area contributed by atoms with Crippen LogP contribution in [0.1, 0.15) is 36.8 Å². The first-order chi connectivity index (χ1) is 18.3. The molecule has 8 nitrogen and oxygen atoms in total. The summed E-state index contributed by atoms with van der Waals surface area (Å²) in [6.07, 6.45) is 5.87. The molecular weight excluding hydrogens is 603 g/mol. The summed E-state index contributed by atoms with van der Waals surface area (Å²) in [5.74, 6) is -0.794. The maximum absolute atomic E-state index is 11.3. The Morgan fingerprint density at radius 2 is 1.82 bits per heavy atom. The van der Waals surface area contributed by atoms with Crippen molar-refractivity contribution in [3.63, 3.8) is 0 Å². The van der Waals surface area contributed by atoms with Crippen molar-refractivity contribution in [2.75, 3.05) is 23.0 Å². The van der Waals surface area contributed by atoms with Crippen molar-refractivity contribution in [1.82, 2.24) is 0 Å². The predicted octanol–water partition coefficient (Wildman–Crippen LogP) is 5.45. The molecule has 13 heteroatoms. The predicted molar refractivity (Wildman–Crippen MR) is 156 cm³/mol. The Hall–Kier alpha value is -1.99. The number of aryl methyl sites for hydroxylation is 1. The molecule has 1 N–H and O–H groups in total. The number of halogens is 2. The molecule has 1 aliphatic rings. The van der Waals surface area contributed by atoms with Crippen LogP contribution in [-0.4, -0.2) is 44.0 Å². The summed E-state index contributed by atoms with van der Waals surface area (Å²) in [5.41, 5.74) is 4.80. The van der Waals surface area contributed by atoms with Crippen LogP contribution in [0.25, 0.3) is 16.3 Å². The average molecular weight is 632 g/mol. The van der Waals surface area contributed by atoms with Gasteiger partial charge in [0.2, 0.25) is 5.52 Å². The summed E-state index contributed by atoms with van der Waals surface area (Å²) in [5, 5.41) is 2.03. The molecule has 0 amide bonds. The zero-order valence-electron chi connectivity index (χ0n) is 21.1. The van der Waals surface area contributed by atoms with Gasteiger partial charge in [0.1, 0.15) is 4.70 Å². The normalized spacial score (nSPS) is 15.5. The average Bonchev–Trinajstić information content (AvgIpc) is 3.34. The highest BCUT2D eigenvalue weighted by Gasteiger charge is 2.25. The van der Waals surface area contributed by atoms with E-state index in [0.717, 1.165) is 37.7 Å². The molecule has 0 unspecified atom stereocenters. The first kappa shape index (κ1) is 30.0. The van der Waals surface area contributed by atoms with Crippen molar-refractivity contribution >= 4 is 76.8 Å². The maximum Gasteiger partial charge on any atom is 0.265 e. The van der Waals surface area contributed by atoms with E-state index in [2.05, 4.69) is 12.2 Å². The molecule has 0 aliphatic carbocycles. The molecule has 4 rings (SSSR count). The fourth-order valence-corrected chi connectivity index (χ4v) is 7.07. The molecule has 0 saturated carbocycles. The summed E-state index contributed by atoms with van der Waals surface area (Å²) in [4.78, 5) is 2.01. The molecule has 0 spiro atoms. The summed E-state index contributed by atoms with van der Waals surface area (Å²) in [6.45, 7) is 2.76. The number of allylic oxidation sites excluding steroid dienone is 3. The smallest absolute Gasteiger partial charge is 0.265 e. The molecule has 39 heavy (non-hydrogen) atoms. The van der Waals surface area contributed by atoms with Crippen molar-refractivity contribution in [3.8, 4) is 0 Å². The van der Waals surface area contributed by atoms with Crippen LogP contribution in [0.4, 0.5) is 5.69 Å². The SMILES string of the molecule is CCC(=C\c1sc2ccc(Cl)cc2[n+]1CCCS(=O)(=O)O)/C=C1\Cc2ccc(Cl)cc2N1CCCS(=O)(=O)[O-]. The molecular formula is C26H28Cl2N2O6S3. The van der Waals surface area contributed by atoms with Crippen LogP contribution >= 0.6 is 34.5 Å². The van der Waals surface area contributed by atoms with Crippen LogP contribution in [0, 0.1) is 0 Å². The van der Waals surface area contributed by atoms with Crippen LogP contribution in [0.2, 0.25) is 10.0 Å². The van der Waals surface area contributed by atoms with Crippen LogP contribution in [0.3, 0.4) is 0 Å². The van der Waals surface area contributed by atoms with Gasteiger partial charge in [-0.2, -0.15) is 13.0 Å². The van der Waals surface area contributed by atoms with E-state index < -0.39 is 26.0 Å². The van der Waals surface area contributed by atoms with Crippen molar-refractivity contribution in [2.45, 2.75) is 39.2 Å². The number of nitrogens with zero attached hydrogens (tertiary/aromatic N) is 2. The van der Waals surface area contributed by atoms with Crippen LogP contribution in [0.15, 0.2) is 53.7 Å². The van der Waals surface area contributed by atoms with Gasteiger partial charge >= 0.3 is 0 Å². The van der Waals surface area contributed by atoms with E-state index in [1.54, 1.807) is 17.4 Å². The van der Waals surface area contributed by atoms with Crippen LogP contribution < -0.4 is 9.47 Å². The Balaban J connectivity index is 1.71. The standard InChI is InChI=1S/C26H28Cl2N2O6S3/c1-2-18(13-22-15-19-5-6-20(27)16-23(19)29(22)9-3-11-38(31,32)33)14-26-30(10-4-12-39(34,35)36)24-17-21(28)7-8-25(24)37-26/h5-8,13-14,16-17H,2-4,9-12,15H2,1H3,(H-,31,32,33,34,35,36). The summed E-state index contributed by atoms with van der Waals surface area (Å²) >= 11 is 14.1. The molecule has 1 aromatic heterocycles. The van der Waals surface area contributed by atoms with Gasteiger partial charge in [-0.15, -0.1) is 0 Å². The fourth-order valence-electron chi connectivity index (χ4n) is 4.61. The quantitative estimate of drug-likeness (QED) is 0.221. The molecule has 0 bridgehead atoms. The number of anilines is 1. The van der Waals surface area contributed by atoms with Gasteiger partial charge in [0, 0.05) is 58.7 Å². The van der Waals surface area contributed by atoms with Crippen molar-refractivity contribution < 1.29 is 30.5 Å². The minimum Gasteiger partial charge on any atom is -0.748 e. The zero-order valence-corrected chi connectivity index (χ0v) is 25.1. The highest BCUT2D eigenvalue weighted by Crippen LogP contribution is 2.37. The van der Waals surface area contributed by atoms with Gasteiger partial charge in [0.05, 0.1) is 15.9 Å². The summed E-state index contributed by atoms with van der Waals surface area (Å²) in [7, 11) is -8.40. The second-order valence-electron chi connectivity index (χ2n) is 9.27. The highest BCUT2D eigenvalue weighted by molar-refractivity contribution is 7.85. The number of aromatic nitrogens is 1. The third-order valence-corrected chi connectivity index (χ3v) is 9.55. The van der Waals surface area contributed by atoms with Gasteiger partial charge < -0.3 is 9.45 Å². The molecule has 2 heterocycles. The highest BCUT2D eigenvalue weighted by atomic mass is 35.5. The van der Waals surface area contributed by atoms with E-state index in [0.29, 0.717) is 36.0 Å². The molecule has 210 valence electrons. The van der Waals surface area contributed by atoms with Gasteiger partial charge in [-0.05, 0) is 54.3 Å². The zero-order chi connectivity index (χ0) is 28.4. The Morgan fingerprint density at radius 3 is 2.51 bits per heavy atom. The summed E-state index contributed by atoms with van der Waals surface area (Å²) in [6, 6.07) is 11.2. The minimum atomic E-state index is -4.32. The Bertz CT molecular complexity index is 1660. The van der Waals surface area contributed by atoms with Crippen LogP contribution in [-0.2, 0) is 33.2 Å². The topological polar surface area (TPSA) is 119 Å². The largest absolute Gasteiger partial charge is 0.748 e. The number of rotatable bonds is 11. The lowest BCUT2D eigenvalue weighted by molar-refractivity contribution is -0.668. The number of benzene rings is 2. The molecule has 0 radical (unpaired) electrons. The number of hydrogen-bond acceptors (Lipinski definition) is 7. The number of hydrogen-bond donors (Lipinski definition) is 1.